The molecule has 28 heavy (non-hydrogen) atoms. The number of esters is 1. The predicted octanol–water partition coefficient (Wildman–Crippen LogP) is 4.39. The number of hydrogen-bond acceptors (Lipinski definition) is 5. The summed E-state index contributed by atoms with van der Waals surface area (Å²) < 4.78 is 5.22. The molecule has 6 nitrogen and oxygen atoms in total. The average molecular weight is 378 g/mol. The molecule has 4 N–H and O–H groups in total. The molecule has 0 aliphatic heterocycles. The standard InChI is InChI=1S/C22H26N4O2/c1-6-28-22(27)16(11-24-18-8-13(3)12(2)7-17(18)23)21-25-19-9-14(4)15(5)10-20(19)26-21/h7-11,24H,6,23H2,1-5H3,(H,25,26)/b16-11+. The largest absolute Gasteiger partial charge is 0.462 e. The minimum atomic E-state index is -0.454. The normalized spacial score (nSPS) is 11.7. The number of aromatic nitrogens is 2. The Hall–Kier alpha value is -3.28. The van der Waals surface area contributed by atoms with Gasteiger partial charge in [0.05, 0.1) is 29.0 Å². The molecule has 0 fully saturated rings. The molecule has 0 amide bonds. The summed E-state index contributed by atoms with van der Waals surface area (Å²) in [5.41, 5.74) is 14.0. The average Bonchev–Trinajstić information content (AvgIpc) is 3.02. The van der Waals surface area contributed by atoms with E-state index in [1.807, 2.05) is 52.0 Å². The summed E-state index contributed by atoms with van der Waals surface area (Å²) in [7, 11) is 0. The number of nitrogens with two attached hydrogens (primary N) is 1. The number of nitrogens with zero attached hydrogens (tertiary/aromatic N) is 1. The smallest absolute Gasteiger partial charge is 0.343 e. The van der Waals surface area contributed by atoms with Gasteiger partial charge in [-0.1, -0.05) is 0 Å². The highest BCUT2D eigenvalue weighted by molar-refractivity contribution is 6.16. The van der Waals surface area contributed by atoms with Crippen LogP contribution in [0.2, 0.25) is 0 Å². The van der Waals surface area contributed by atoms with Gasteiger partial charge in [-0.25, -0.2) is 9.78 Å². The van der Waals surface area contributed by atoms with Crippen LogP contribution in [-0.4, -0.2) is 22.5 Å². The Morgan fingerprint density at radius 1 is 1.11 bits per heavy atom. The van der Waals surface area contributed by atoms with E-state index in [0.717, 1.165) is 39.0 Å². The van der Waals surface area contributed by atoms with E-state index in [4.69, 9.17) is 10.5 Å². The lowest BCUT2D eigenvalue weighted by Gasteiger charge is -2.11. The molecule has 6 heteroatoms. The van der Waals surface area contributed by atoms with Crippen molar-refractivity contribution in [3.63, 3.8) is 0 Å². The van der Waals surface area contributed by atoms with E-state index in [1.165, 1.54) is 0 Å². The van der Waals surface area contributed by atoms with Crippen LogP contribution in [-0.2, 0) is 9.53 Å². The van der Waals surface area contributed by atoms with Crippen molar-refractivity contribution < 1.29 is 9.53 Å². The molecule has 2 aromatic carbocycles. The molecule has 3 rings (SSSR count). The number of carbonyl (C=O) groups excluding carboxylic acids is 1. The number of fused-ring (bicyclic) bond motifs is 1. The molecule has 0 bridgehead atoms. The van der Waals surface area contributed by atoms with Crippen LogP contribution < -0.4 is 11.1 Å². The van der Waals surface area contributed by atoms with Gasteiger partial charge in [-0.3, -0.25) is 0 Å². The van der Waals surface area contributed by atoms with E-state index in [9.17, 15) is 4.79 Å². The van der Waals surface area contributed by atoms with Crippen molar-refractivity contribution in [2.24, 2.45) is 0 Å². The number of hydrogen-bond donors (Lipinski definition) is 3. The first kappa shape index (κ1) is 19.5. The molecule has 0 aliphatic carbocycles. The Morgan fingerprint density at radius 3 is 2.46 bits per heavy atom. The molecule has 0 saturated carbocycles. The number of nitrogen functional groups attached to an aromatic ring is 1. The van der Waals surface area contributed by atoms with Crippen LogP contribution in [0, 0.1) is 27.7 Å². The van der Waals surface area contributed by atoms with E-state index >= 15 is 0 Å². The molecule has 0 radical (unpaired) electrons. The second kappa shape index (κ2) is 7.76. The number of ether oxygens (including phenoxy) is 1. The van der Waals surface area contributed by atoms with Gasteiger partial charge < -0.3 is 20.8 Å². The van der Waals surface area contributed by atoms with Crippen molar-refractivity contribution in [3.05, 3.63) is 58.5 Å². The number of imidazole rings is 1. The fraction of sp³-hybridized carbons (Fsp3) is 0.273. The highest BCUT2D eigenvalue weighted by Crippen LogP contribution is 2.25. The van der Waals surface area contributed by atoms with Gasteiger partial charge in [-0.15, -0.1) is 0 Å². The van der Waals surface area contributed by atoms with Gasteiger partial charge >= 0.3 is 5.97 Å². The molecule has 1 aromatic heterocycles. The van der Waals surface area contributed by atoms with Crippen LogP contribution >= 0.6 is 0 Å². The molecular formula is C22H26N4O2. The van der Waals surface area contributed by atoms with Gasteiger partial charge in [0.2, 0.25) is 0 Å². The number of aromatic amines is 1. The Labute approximate surface area is 164 Å². The lowest BCUT2D eigenvalue weighted by atomic mass is 10.1. The number of rotatable bonds is 5. The number of nitrogens with one attached hydrogen (secondary N) is 2. The summed E-state index contributed by atoms with van der Waals surface area (Å²) >= 11 is 0. The first-order valence-corrected chi connectivity index (χ1v) is 9.28. The highest BCUT2D eigenvalue weighted by Gasteiger charge is 2.18. The Bertz CT molecular complexity index is 1040. The summed E-state index contributed by atoms with van der Waals surface area (Å²) in [5.74, 6) is -0.00161. The molecule has 0 aliphatic rings. The Kier molecular flexibility index (Phi) is 5.40. The second-order valence-corrected chi connectivity index (χ2v) is 6.99. The van der Waals surface area contributed by atoms with Gasteiger partial charge in [0.15, 0.2) is 0 Å². The van der Waals surface area contributed by atoms with Crippen molar-refractivity contribution in [2.75, 3.05) is 17.7 Å². The SMILES string of the molecule is CCOC(=O)/C(=C/Nc1cc(C)c(C)cc1N)c1nc2cc(C)c(C)cc2[nH]1. The van der Waals surface area contributed by atoms with Gasteiger partial charge in [-0.2, -0.15) is 0 Å². The van der Waals surface area contributed by atoms with Gasteiger partial charge in [0.1, 0.15) is 11.4 Å². The minimum Gasteiger partial charge on any atom is -0.462 e. The van der Waals surface area contributed by atoms with Crippen molar-refractivity contribution in [1.29, 1.82) is 0 Å². The van der Waals surface area contributed by atoms with E-state index in [1.54, 1.807) is 13.1 Å². The molecular weight excluding hydrogens is 352 g/mol. The zero-order valence-electron chi connectivity index (χ0n) is 16.9. The number of aryl methyl sites for hydroxylation is 4. The maximum absolute atomic E-state index is 12.6. The molecule has 1 heterocycles. The molecule has 0 spiro atoms. The van der Waals surface area contributed by atoms with Crippen molar-refractivity contribution >= 4 is 34.0 Å². The molecule has 0 atom stereocenters. The third-order valence-corrected chi connectivity index (χ3v) is 4.89. The van der Waals surface area contributed by atoms with Crippen molar-refractivity contribution in [2.45, 2.75) is 34.6 Å². The lowest BCUT2D eigenvalue weighted by Crippen LogP contribution is -2.10. The topological polar surface area (TPSA) is 93.0 Å². The summed E-state index contributed by atoms with van der Waals surface area (Å²) in [6, 6.07) is 7.89. The maximum atomic E-state index is 12.6. The van der Waals surface area contributed by atoms with E-state index < -0.39 is 5.97 Å². The van der Waals surface area contributed by atoms with Gasteiger partial charge in [0, 0.05) is 6.20 Å². The third-order valence-electron chi connectivity index (χ3n) is 4.89. The first-order chi connectivity index (χ1) is 13.3. The first-order valence-electron chi connectivity index (χ1n) is 9.28. The molecule has 146 valence electrons. The molecule has 0 saturated heterocycles. The van der Waals surface area contributed by atoms with E-state index in [-0.39, 0.29) is 6.61 Å². The van der Waals surface area contributed by atoms with Crippen LogP contribution in [0.4, 0.5) is 11.4 Å². The van der Waals surface area contributed by atoms with Gasteiger partial charge in [-0.05, 0) is 81.1 Å². The van der Waals surface area contributed by atoms with Crippen LogP contribution in [0.5, 0.6) is 0 Å². The van der Waals surface area contributed by atoms with E-state index in [2.05, 4.69) is 15.3 Å². The Morgan fingerprint density at radius 2 is 1.75 bits per heavy atom. The van der Waals surface area contributed by atoms with Crippen molar-refractivity contribution in [1.82, 2.24) is 9.97 Å². The molecule has 3 aromatic rings. The van der Waals surface area contributed by atoms with Gasteiger partial charge in [0.25, 0.3) is 0 Å². The third kappa shape index (κ3) is 3.86. The highest BCUT2D eigenvalue weighted by atomic mass is 16.5. The summed E-state index contributed by atoms with van der Waals surface area (Å²) in [6.07, 6.45) is 1.59. The predicted molar refractivity (Wildman–Crippen MR) is 114 cm³/mol. The second-order valence-electron chi connectivity index (χ2n) is 6.99. The molecule has 0 unspecified atom stereocenters. The number of carbonyl (C=O) groups is 1. The number of anilines is 2. The van der Waals surface area contributed by atoms with Crippen molar-refractivity contribution in [3.8, 4) is 0 Å². The minimum absolute atomic E-state index is 0.278. The summed E-state index contributed by atoms with van der Waals surface area (Å²) in [5, 5.41) is 3.14. The summed E-state index contributed by atoms with van der Waals surface area (Å²) in [4.78, 5) is 20.4. The summed E-state index contributed by atoms with van der Waals surface area (Å²) in [6.45, 7) is 10.2. The van der Waals surface area contributed by atoms with Crippen LogP contribution in [0.25, 0.3) is 16.6 Å². The Balaban J connectivity index is 2.03. The fourth-order valence-electron chi connectivity index (χ4n) is 2.94. The quantitative estimate of drug-likeness (QED) is 0.348. The van der Waals surface area contributed by atoms with Crippen LogP contribution in [0.15, 0.2) is 30.5 Å². The van der Waals surface area contributed by atoms with Crippen LogP contribution in [0.1, 0.15) is 35.0 Å². The fourth-order valence-corrected chi connectivity index (χ4v) is 2.94. The number of benzene rings is 2. The number of H-pyrrole nitrogens is 1. The maximum Gasteiger partial charge on any atom is 0.343 e. The lowest BCUT2D eigenvalue weighted by molar-refractivity contribution is -0.136. The zero-order chi connectivity index (χ0) is 20.4. The van der Waals surface area contributed by atoms with E-state index in [0.29, 0.717) is 17.1 Å². The van der Waals surface area contributed by atoms with Crippen LogP contribution in [0.3, 0.4) is 0 Å². The zero-order valence-corrected chi connectivity index (χ0v) is 16.9. The monoisotopic (exact) mass is 378 g/mol.